The van der Waals surface area contributed by atoms with Gasteiger partial charge in [-0.15, -0.1) is 0 Å². The molecule has 0 bridgehead atoms. The zero-order chi connectivity index (χ0) is 20.1. The van der Waals surface area contributed by atoms with Gasteiger partial charge in [-0.1, -0.05) is 18.2 Å². The van der Waals surface area contributed by atoms with Crippen LogP contribution in [0.5, 0.6) is 0 Å². The molecule has 2 heterocycles. The molecule has 1 aromatic heterocycles. The van der Waals surface area contributed by atoms with Crippen LogP contribution in [0.4, 0.5) is 0 Å². The molecule has 1 atom stereocenters. The Balaban J connectivity index is 1.46. The van der Waals surface area contributed by atoms with Gasteiger partial charge in [0.25, 0.3) is 0 Å². The van der Waals surface area contributed by atoms with Gasteiger partial charge in [0.1, 0.15) is 6.04 Å². The fraction of sp³-hybridized carbons (Fsp3) is 0.421. The molecule has 0 saturated carbocycles. The molecule has 1 aliphatic rings. The van der Waals surface area contributed by atoms with E-state index in [0.717, 1.165) is 11.3 Å². The number of amides is 2. The number of nitrogens with zero attached hydrogens (tertiary/aromatic N) is 3. The van der Waals surface area contributed by atoms with Crippen LogP contribution in [0.15, 0.2) is 42.7 Å². The summed E-state index contributed by atoms with van der Waals surface area (Å²) in [6, 6.07) is 9.01. The second kappa shape index (κ2) is 8.55. The van der Waals surface area contributed by atoms with Crippen LogP contribution in [-0.2, 0) is 25.8 Å². The lowest BCUT2D eigenvalue weighted by atomic mass is 10.2. The number of sulfone groups is 1. The smallest absolute Gasteiger partial charge is 0.244 e. The summed E-state index contributed by atoms with van der Waals surface area (Å²) in [5.41, 5.74) is 1.88. The summed E-state index contributed by atoms with van der Waals surface area (Å²) in [4.78, 5) is 26.1. The van der Waals surface area contributed by atoms with Crippen LogP contribution in [0, 0.1) is 0 Å². The molecule has 1 aliphatic heterocycles. The van der Waals surface area contributed by atoms with E-state index in [9.17, 15) is 18.0 Å². The van der Waals surface area contributed by atoms with Crippen molar-refractivity contribution in [1.29, 1.82) is 0 Å². The van der Waals surface area contributed by atoms with E-state index in [1.165, 1.54) is 4.90 Å². The molecular formula is C19H24N4O4S. The summed E-state index contributed by atoms with van der Waals surface area (Å²) in [7, 11) is -3.04. The van der Waals surface area contributed by atoms with E-state index >= 15 is 0 Å². The third kappa shape index (κ3) is 5.19. The van der Waals surface area contributed by atoms with E-state index in [0.29, 0.717) is 6.42 Å². The van der Waals surface area contributed by atoms with Gasteiger partial charge in [0.2, 0.25) is 11.8 Å². The van der Waals surface area contributed by atoms with E-state index in [-0.39, 0.29) is 42.8 Å². The van der Waals surface area contributed by atoms with Crippen LogP contribution in [0.3, 0.4) is 0 Å². The van der Waals surface area contributed by atoms with Crippen molar-refractivity contribution in [2.45, 2.75) is 25.8 Å². The Labute approximate surface area is 164 Å². The summed E-state index contributed by atoms with van der Waals surface area (Å²) in [5, 5.41) is 7.00. The number of aryl methyl sites for hydroxylation is 1. The second-order valence-electron chi connectivity index (χ2n) is 6.90. The van der Waals surface area contributed by atoms with Crippen molar-refractivity contribution in [3.05, 3.63) is 48.3 Å². The number of hydrogen-bond acceptors (Lipinski definition) is 5. The highest BCUT2D eigenvalue weighted by atomic mass is 32.2. The van der Waals surface area contributed by atoms with Crippen molar-refractivity contribution in [3.63, 3.8) is 0 Å². The zero-order valence-corrected chi connectivity index (χ0v) is 16.6. The number of para-hydroxylation sites is 1. The van der Waals surface area contributed by atoms with Crippen molar-refractivity contribution in [1.82, 2.24) is 20.0 Å². The third-order valence-electron chi connectivity index (χ3n) is 4.70. The van der Waals surface area contributed by atoms with E-state index in [1.54, 1.807) is 17.8 Å². The fourth-order valence-electron chi connectivity index (χ4n) is 3.05. The average Bonchev–Trinajstić information content (AvgIpc) is 3.15. The Kier molecular flexibility index (Phi) is 6.13. The van der Waals surface area contributed by atoms with Crippen LogP contribution in [0.1, 0.15) is 18.9 Å². The first-order valence-electron chi connectivity index (χ1n) is 9.21. The lowest BCUT2D eigenvalue weighted by molar-refractivity contribution is -0.135. The van der Waals surface area contributed by atoms with Gasteiger partial charge in [-0.05, 0) is 31.0 Å². The van der Waals surface area contributed by atoms with Gasteiger partial charge in [0, 0.05) is 25.7 Å². The molecule has 0 aliphatic carbocycles. The highest BCUT2D eigenvalue weighted by molar-refractivity contribution is 7.91. The lowest BCUT2D eigenvalue weighted by Crippen LogP contribution is -2.51. The van der Waals surface area contributed by atoms with Gasteiger partial charge in [-0.25, -0.2) is 13.1 Å². The lowest BCUT2D eigenvalue weighted by Gasteiger charge is -2.29. The first-order chi connectivity index (χ1) is 13.3. The number of hydrogen-bond donors (Lipinski definition) is 1. The van der Waals surface area contributed by atoms with Crippen LogP contribution in [0.25, 0.3) is 5.69 Å². The van der Waals surface area contributed by atoms with Crippen molar-refractivity contribution in [2.24, 2.45) is 0 Å². The molecule has 8 nitrogen and oxygen atoms in total. The molecule has 0 spiro atoms. The molecule has 2 amide bonds. The minimum atomic E-state index is -3.04. The molecule has 1 aromatic carbocycles. The number of aromatic nitrogens is 2. The largest absolute Gasteiger partial charge is 0.345 e. The maximum atomic E-state index is 12.4. The minimum Gasteiger partial charge on any atom is -0.345 e. The average molecular weight is 404 g/mol. The molecule has 2 aromatic rings. The SMILES string of the molecule is CC(NC(=O)CCc1cnn(-c2ccccc2)c1)C(=O)N1CCS(=O)(=O)CC1. The highest BCUT2D eigenvalue weighted by Crippen LogP contribution is 2.10. The Morgan fingerprint density at radius 1 is 1.18 bits per heavy atom. The van der Waals surface area contributed by atoms with Crippen LogP contribution >= 0.6 is 0 Å². The number of carbonyl (C=O) groups is 2. The molecule has 9 heteroatoms. The first kappa shape index (κ1) is 20.1. The molecule has 1 saturated heterocycles. The molecule has 1 unspecified atom stereocenters. The maximum absolute atomic E-state index is 12.4. The van der Waals surface area contributed by atoms with E-state index in [2.05, 4.69) is 10.4 Å². The molecular weight excluding hydrogens is 380 g/mol. The summed E-state index contributed by atoms with van der Waals surface area (Å²) in [6.07, 6.45) is 4.36. The van der Waals surface area contributed by atoms with Gasteiger partial charge in [-0.3, -0.25) is 9.59 Å². The van der Waals surface area contributed by atoms with E-state index < -0.39 is 15.9 Å². The predicted octanol–water partition coefficient (Wildman–Crippen LogP) is 0.567. The molecule has 3 rings (SSSR count). The van der Waals surface area contributed by atoms with Crippen molar-refractivity contribution >= 4 is 21.7 Å². The topological polar surface area (TPSA) is 101 Å². The van der Waals surface area contributed by atoms with Gasteiger partial charge < -0.3 is 10.2 Å². The highest BCUT2D eigenvalue weighted by Gasteiger charge is 2.28. The maximum Gasteiger partial charge on any atom is 0.244 e. The summed E-state index contributed by atoms with van der Waals surface area (Å²) in [5.74, 6) is -0.520. The number of carbonyl (C=O) groups excluding carboxylic acids is 2. The quantitative estimate of drug-likeness (QED) is 0.758. The monoisotopic (exact) mass is 404 g/mol. The predicted molar refractivity (Wildman–Crippen MR) is 105 cm³/mol. The minimum absolute atomic E-state index is 0.0230. The normalized spacial score (nSPS) is 17.1. The van der Waals surface area contributed by atoms with E-state index in [4.69, 9.17) is 0 Å². The number of rotatable bonds is 6. The third-order valence-corrected chi connectivity index (χ3v) is 6.31. The molecule has 150 valence electrons. The van der Waals surface area contributed by atoms with Crippen LogP contribution < -0.4 is 5.32 Å². The second-order valence-corrected chi connectivity index (χ2v) is 9.20. The van der Waals surface area contributed by atoms with Gasteiger partial charge in [-0.2, -0.15) is 5.10 Å². The summed E-state index contributed by atoms with van der Waals surface area (Å²) >= 11 is 0. The number of nitrogens with one attached hydrogen (secondary N) is 1. The van der Waals surface area contributed by atoms with Crippen molar-refractivity contribution in [2.75, 3.05) is 24.6 Å². The Morgan fingerprint density at radius 3 is 2.54 bits per heavy atom. The zero-order valence-electron chi connectivity index (χ0n) is 15.7. The van der Waals surface area contributed by atoms with Gasteiger partial charge >= 0.3 is 0 Å². The van der Waals surface area contributed by atoms with Gasteiger partial charge in [0.15, 0.2) is 9.84 Å². The van der Waals surface area contributed by atoms with Crippen molar-refractivity contribution < 1.29 is 18.0 Å². The summed E-state index contributed by atoms with van der Waals surface area (Å²) in [6.45, 7) is 1.98. The van der Waals surface area contributed by atoms with Crippen molar-refractivity contribution in [3.8, 4) is 5.69 Å². The Hall–Kier alpha value is -2.68. The first-order valence-corrected chi connectivity index (χ1v) is 11.0. The number of benzene rings is 1. The van der Waals surface area contributed by atoms with Gasteiger partial charge in [0.05, 0.1) is 23.4 Å². The molecule has 0 radical (unpaired) electrons. The molecule has 28 heavy (non-hydrogen) atoms. The standard InChI is InChI=1S/C19H24N4O4S/c1-15(19(25)22-9-11-28(26,27)12-10-22)21-18(24)8-7-16-13-20-23(14-16)17-5-3-2-4-6-17/h2-6,13-15H,7-12H2,1H3,(H,21,24). The van der Waals surface area contributed by atoms with E-state index in [1.807, 2.05) is 36.5 Å². The molecule has 1 N–H and O–H groups in total. The Morgan fingerprint density at radius 2 is 1.86 bits per heavy atom. The van der Waals surface area contributed by atoms with Crippen LogP contribution in [0.2, 0.25) is 0 Å². The summed E-state index contributed by atoms with van der Waals surface area (Å²) < 4.78 is 24.7. The van der Waals surface area contributed by atoms with Crippen LogP contribution in [-0.4, -0.2) is 65.5 Å². The molecule has 1 fully saturated rings. The fourth-order valence-corrected chi connectivity index (χ4v) is 4.25. The Bertz CT molecular complexity index is 926.